The van der Waals surface area contributed by atoms with E-state index in [-0.39, 0.29) is 5.91 Å². The number of hydrogen-bond donors (Lipinski definition) is 5. The molecule has 0 aliphatic rings. The van der Waals surface area contributed by atoms with Gasteiger partial charge in [-0.2, -0.15) is 12.6 Å². The molecule has 0 heterocycles. The smallest absolute Gasteiger partial charge is 0.236 e. The van der Waals surface area contributed by atoms with Crippen LogP contribution in [0.2, 0.25) is 0 Å². The number of carbonyl (C=O) groups is 1. The third kappa shape index (κ3) is 9.61. The fourth-order valence-electron chi connectivity index (χ4n) is 1.52. The SMILES string of the molecule is CN=C(NC)NCCCC(N)C(=O)NCCCCS. The fourth-order valence-corrected chi connectivity index (χ4v) is 1.74. The molecule has 112 valence electrons. The second-order valence-electron chi connectivity index (χ2n) is 4.22. The minimum absolute atomic E-state index is 0.0721. The number of thiol groups is 1. The number of guanidine groups is 1. The van der Waals surface area contributed by atoms with Gasteiger partial charge in [0.05, 0.1) is 6.04 Å². The van der Waals surface area contributed by atoms with Crippen molar-refractivity contribution in [3.05, 3.63) is 0 Å². The predicted octanol–water partition coefficient (Wildman–Crippen LogP) is -0.285. The third-order valence-corrected chi connectivity index (χ3v) is 2.98. The van der Waals surface area contributed by atoms with Gasteiger partial charge in [0.1, 0.15) is 0 Å². The Morgan fingerprint density at radius 1 is 1.26 bits per heavy atom. The van der Waals surface area contributed by atoms with E-state index in [1.54, 1.807) is 14.1 Å². The van der Waals surface area contributed by atoms with E-state index in [1.807, 2.05) is 0 Å². The van der Waals surface area contributed by atoms with Gasteiger partial charge in [-0.15, -0.1) is 0 Å². The van der Waals surface area contributed by atoms with Crippen LogP contribution in [-0.4, -0.2) is 50.8 Å². The summed E-state index contributed by atoms with van der Waals surface area (Å²) in [6.07, 6.45) is 3.44. The topological polar surface area (TPSA) is 91.5 Å². The quantitative estimate of drug-likeness (QED) is 0.175. The Balaban J connectivity index is 3.62. The molecule has 0 aromatic rings. The monoisotopic (exact) mass is 289 g/mol. The summed E-state index contributed by atoms with van der Waals surface area (Å²) in [6, 6.07) is -0.436. The molecule has 7 heteroatoms. The number of hydrogen-bond acceptors (Lipinski definition) is 4. The second-order valence-corrected chi connectivity index (χ2v) is 4.67. The highest BCUT2D eigenvalue weighted by Crippen LogP contribution is 1.95. The molecule has 0 saturated heterocycles. The fraction of sp³-hybridized carbons (Fsp3) is 0.833. The molecule has 1 unspecified atom stereocenters. The summed E-state index contributed by atoms with van der Waals surface area (Å²) in [5.41, 5.74) is 5.81. The summed E-state index contributed by atoms with van der Waals surface area (Å²) < 4.78 is 0. The molecule has 0 spiro atoms. The lowest BCUT2D eigenvalue weighted by Gasteiger charge is -2.13. The molecular weight excluding hydrogens is 262 g/mol. The van der Waals surface area contributed by atoms with Gasteiger partial charge in [-0.1, -0.05) is 0 Å². The predicted molar refractivity (Wildman–Crippen MR) is 83.7 cm³/mol. The van der Waals surface area contributed by atoms with Crippen LogP contribution < -0.4 is 21.7 Å². The van der Waals surface area contributed by atoms with E-state index >= 15 is 0 Å². The average molecular weight is 289 g/mol. The molecule has 0 radical (unpaired) electrons. The Morgan fingerprint density at radius 2 is 1.95 bits per heavy atom. The average Bonchev–Trinajstić information content (AvgIpc) is 2.43. The molecule has 19 heavy (non-hydrogen) atoms. The van der Waals surface area contributed by atoms with Crippen molar-refractivity contribution in [3.8, 4) is 0 Å². The summed E-state index contributed by atoms with van der Waals surface area (Å²) in [5.74, 6) is 1.52. The first-order valence-electron chi connectivity index (χ1n) is 6.68. The van der Waals surface area contributed by atoms with Crippen LogP contribution in [0, 0.1) is 0 Å². The van der Waals surface area contributed by atoms with Crippen LogP contribution in [-0.2, 0) is 4.79 Å². The number of carbonyl (C=O) groups excluding carboxylic acids is 1. The molecule has 6 nitrogen and oxygen atoms in total. The van der Waals surface area contributed by atoms with Crippen molar-refractivity contribution in [1.82, 2.24) is 16.0 Å². The molecule has 0 aliphatic heterocycles. The van der Waals surface area contributed by atoms with E-state index in [9.17, 15) is 4.79 Å². The number of rotatable bonds is 9. The molecule has 0 bridgehead atoms. The zero-order chi connectivity index (χ0) is 14.5. The first kappa shape index (κ1) is 18.0. The summed E-state index contributed by atoms with van der Waals surface area (Å²) in [7, 11) is 3.52. The van der Waals surface area contributed by atoms with Crippen molar-refractivity contribution in [2.75, 3.05) is 32.9 Å². The maximum atomic E-state index is 11.6. The molecule has 0 saturated carbocycles. The van der Waals surface area contributed by atoms with Gasteiger partial charge in [-0.05, 0) is 31.4 Å². The van der Waals surface area contributed by atoms with Crippen molar-refractivity contribution in [2.24, 2.45) is 10.7 Å². The molecule has 1 amide bonds. The zero-order valence-corrected chi connectivity index (χ0v) is 12.8. The van der Waals surface area contributed by atoms with Crippen LogP contribution >= 0.6 is 12.6 Å². The number of nitrogens with two attached hydrogens (primary N) is 1. The normalized spacial score (nSPS) is 12.9. The van der Waals surface area contributed by atoms with E-state index < -0.39 is 6.04 Å². The summed E-state index contributed by atoms with van der Waals surface area (Å²) in [6.45, 7) is 1.42. The van der Waals surface area contributed by atoms with Crippen molar-refractivity contribution in [3.63, 3.8) is 0 Å². The van der Waals surface area contributed by atoms with E-state index in [4.69, 9.17) is 5.73 Å². The van der Waals surface area contributed by atoms with E-state index in [2.05, 4.69) is 33.6 Å². The Hall–Kier alpha value is -0.950. The van der Waals surface area contributed by atoms with Crippen molar-refractivity contribution >= 4 is 24.5 Å². The Bertz CT molecular complexity index is 273. The van der Waals surface area contributed by atoms with Gasteiger partial charge < -0.3 is 21.7 Å². The standard InChI is InChI=1S/C12H27N5OS/c1-14-12(15-2)17-8-5-6-10(13)11(18)16-7-3-4-9-19/h10,19H,3-9,13H2,1-2H3,(H,16,18)(H2,14,15,17). The molecule has 1 atom stereocenters. The van der Waals surface area contributed by atoms with E-state index in [0.717, 1.165) is 37.5 Å². The molecular formula is C12H27N5OS. The minimum atomic E-state index is -0.436. The third-order valence-electron chi connectivity index (χ3n) is 2.67. The van der Waals surface area contributed by atoms with Crippen LogP contribution in [0.15, 0.2) is 4.99 Å². The molecule has 0 fully saturated rings. The number of aliphatic imine (C=N–C) groups is 1. The largest absolute Gasteiger partial charge is 0.359 e. The highest BCUT2D eigenvalue weighted by Gasteiger charge is 2.11. The van der Waals surface area contributed by atoms with Gasteiger partial charge >= 0.3 is 0 Å². The lowest BCUT2D eigenvalue weighted by Crippen LogP contribution is -2.42. The molecule has 0 aromatic heterocycles. The Morgan fingerprint density at radius 3 is 2.53 bits per heavy atom. The summed E-state index contributed by atoms with van der Waals surface area (Å²) in [5, 5.41) is 8.88. The van der Waals surface area contributed by atoms with Crippen molar-refractivity contribution in [1.29, 1.82) is 0 Å². The van der Waals surface area contributed by atoms with Crippen LogP contribution in [0.3, 0.4) is 0 Å². The van der Waals surface area contributed by atoms with Gasteiger partial charge in [-0.3, -0.25) is 9.79 Å². The van der Waals surface area contributed by atoms with E-state index in [0.29, 0.717) is 13.0 Å². The van der Waals surface area contributed by atoms with Gasteiger partial charge in [0.25, 0.3) is 0 Å². The maximum Gasteiger partial charge on any atom is 0.236 e. The van der Waals surface area contributed by atoms with Gasteiger partial charge in [0.2, 0.25) is 5.91 Å². The lowest BCUT2D eigenvalue weighted by molar-refractivity contribution is -0.122. The van der Waals surface area contributed by atoms with Gasteiger partial charge in [0, 0.05) is 27.2 Å². The van der Waals surface area contributed by atoms with Gasteiger partial charge in [-0.25, -0.2) is 0 Å². The second kappa shape index (κ2) is 12.1. The summed E-state index contributed by atoms with van der Waals surface area (Å²) in [4.78, 5) is 15.6. The Kier molecular flexibility index (Phi) is 11.5. The minimum Gasteiger partial charge on any atom is -0.359 e. The summed E-state index contributed by atoms with van der Waals surface area (Å²) >= 11 is 4.12. The van der Waals surface area contributed by atoms with Crippen LogP contribution in [0.5, 0.6) is 0 Å². The van der Waals surface area contributed by atoms with Crippen LogP contribution in [0.25, 0.3) is 0 Å². The number of unbranched alkanes of at least 4 members (excludes halogenated alkanes) is 1. The number of amides is 1. The highest BCUT2D eigenvalue weighted by atomic mass is 32.1. The molecule has 0 aromatic carbocycles. The molecule has 0 aliphatic carbocycles. The number of nitrogens with one attached hydrogen (secondary N) is 3. The van der Waals surface area contributed by atoms with Crippen molar-refractivity contribution < 1.29 is 4.79 Å². The first-order chi connectivity index (χ1) is 9.15. The lowest BCUT2D eigenvalue weighted by atomic mass is 10.1. The number of nitrogens with zero attached hydrogens (tertiary/aromatic N) is 1. The van der Waals surface area contributed by atoms with Crippen LogP contribution in [0.1, 0.15) is 25.7 Å². The molecule has 0 rings (SSSR count). The van der Waals surface area contributed by atoms with E-state index in [1.165, 1.54) is 0 Å². The van der Waals surface area contributed by atoms with Gasteiger partial charge in [0.15, 0.2) is 5.96 Å². The Labute approximate surface area is 121 Å². The van der Waals surface area contributed by atoms with Crippen LogP contribution in [0.4, 0.5) is 0 Å². The zero-order valence-electron chi connectivity index (χ0n) is 11.9. The maximum absolute atomic E-state index is 11.6. The molecule has 5 N–H and O–H groups in total. The highest BCUT2D eigenvalue weighted by molar-refractivity contribution is 7.80. The first-order valence-corrected chi connectivity index (χ1v) is 7.31. The van der Waals surface area contributed by atoms with Crippen molar-refractivity contribution in [2.45, 2.75) is 31.7 Å².